The van der Waals surface area contributed by atoms with Crippen molar-refractivity contribution in [1.82, 2.24) is 5.32 Å². The number of carbonyl (C=O) groups excluding carboxylic acids is 2. The lowest BCUT2D eigenvalue weighted by Crippen LogP contribution is -2.48. The molecule has 0 spiro atoms. The van der Waals surface area contributed by atoms with E-state index >= 15 is 0 Å². The first-order valence-corrected chi connectivity index (χ1v) is 8.57. The van der Waals surface area contributed by atoms with E-state index in [1.165, 1.54) is 0 Å². The maximum atomic E-state index is 12.3. The van der Waals surface area contributed by atoms with Crippen LogP contribution in [0.5, 0.6) is 0 Å². The third kappa shape index (κ3) is 5.46. The van der Waals surface area contributed by atoms with Crippen LogP contribution in [-0.2, 0) is 25.6 Å². The Morgan fingerprint density at radius 3 is 2.52 bits per heavy atom. The second-order valence-corrected chi connectivity index (χ2v) is 7.22. The van der Waals surface area contributed by atoms with Crippen molar-refractivity contribution in [3.63, 3.8) is 0 Å². The number of benzene rings is 1. The summed E-state index contributed by atoms with van der Waals surface area (Å²) < 4.78 is 16.1. The average Bonchev–Trinajstić information content (AvgIpc) is 3.20. The van der Waals surface area contributed by atoms with Crippen LogP contribution < -0.4 is 5.32 Å². The van der Waals surface area contributed by atoms with Crippen molar-refractivity contribution in [2.45, 2.75) is 51.9 Å². The quantitative estimate of drug-likeness (QED) is 0.766. The number of ether oxygens (including phenoxy) is 3. The van der Waals surface area contributed by atoms with Crippen molar-refractivity contribution in [3.8, 4) is 0 Å². The largest absolute Gasteiger partial charge is 0.464 e. The summed E-state index contributed by atoms with van der Waals surface area (Å²) in [6.07, 6.45) is -0.133. The molecule has 0 radical (unpaired) electrons. The molecule has 0 aromatic heterocycles. The van der Waals surface area contributed by atoms with Gasteiger partial charge in [-0.05, 0) is 39.7 Å². The summed E-state index contributed by atoms with van der Waals surface area (Å²) >= 11 is 0. The number of carbonyl (C=O) groups is 2. The van der Waals surface area contributed by atoms with E-state index in [1.807, 2.05) is 30.3 Å². The summed E-state index contributed by atoms with van der Waals surface area (Å²) in [6, 6.07) is 9.79. The highest BCUT2D eigenvalue weighted by molar-refractivity contribution is 5.89. The van der Waals surface area contributed by atoms with Gasteiger partial charge in [0.15, 0.2) is 0 Å². The highest BCUT2D eigenvalue weighted by atomic mass is 16.6. The molecule has 2 atom stereocenters. The average molecular weight is 349 g/mol. The number of rotatable bonds is 7. The summed E-state index contributed by atoms with van der Waals surface area (Å²) in [7, 11) is 0. The zero-order valence-electron chi connectivity index (χ0n) is 15.3. The monoisotopic (exact) mass is 349 g/mol. The van der Waals surface area contributed by atoms with Gasteiger partial charge in [0.25, 0.3) is 0 Å². The molecule has 6 heteroatoms. The minimum absolute atomic E-state index is 0.122. The van der Waals surface area contributed by atoms with Gasteiger partial charge in [0.05, 0.1) is 19.8 Å². The summed E-state index contributed by atoms with van der Waals surface area (Å²) in [6.45, 7) is 8.15. The molecule has 138 valence electrons. The minimum Gasteiger partial charge on any atom is -0.464 e. The number of hydrogen-bond acceptors (Lipinski definition) is 5. The molecule has 0 saturated heterocycles. The fourth-order valence-corrected chi connectivity index (χ4v) is 2.62. The van der Waals surface area contributed by atoms with Crippen LogP contribution in [0.4, 0.5) is 4.79 Å². The first kappa shape index (κ1) is 19.2. The molecule has 0 unspecified atom stereocenters. The van der Waals surface area contributed by atoms with E-state index in [4.69, 9.17) is 14.2 Å². The first-order chi connectivity index (χ1) is 11.8. The van der Waals surface area contributed by atoms with Crippen LogP contribution in [0.15, 0.2) is 30.3 Å². The standard InChI is InChI=1S/C19H27NO5/c1-5-24-16(21)19(20-17(22)25-18(2,3)4)11-15(19)13-23-12-14-9-7-6-8-10-14/h6-10,15H,5,11-13H2,1-4H3,(H,20,22)/t15-,19+/m1/s1. The zero-order valence-corrected chi connectivity index (χ0v) is 15.3. The van der Waals surface area contributed by atoms with Crippen LogP contribution in [-0.4, -0.2) is 36.4 Å². The van der Waals surface area contributed by atoms with E-state index in [1.54, 1.807) is 27.7 Å². The van der Waals surface area contributed by atoms with E-state index in [0.717, 1.165) is 5.56 Å². The van der Waals surface area contributed by atoms with Crippen LogP contribution in [0.1, 0.15) is 39.7 Å². The van der Waals surface area contributed by atoms with Gasteiger partial charge in [-0.2, -0.15) is 0 Å². The molecule has 1 N–H and O–H groups in total. The SMILES string of the molecule is CCOC(=O)[C@]1(NC(=O)OC(C)(C)C)C[C@@H]1COCc1ccccc1. The molecule has 1 amide bonds. The Balaban J connectivity index is 1.92. The van der Waals surface area contributed by atoms with Crippen molar-refractivity contribution in [1.29, 1.82) is 0 Å². The molecule has 1 aliphatic carbocycles. The van der Waals surface area contributed by atoms with Gasteiger partial charge in [-0.1, -0.05) is 30.3 Å². The van der Waals surface area contributed by atoms with E-state index < -0.39 is 23.2 Å². The van der Waals surface area contributed by atoms with Crippen LogP contribution in [0.2, 0.25) is 0 Å². The van der Waals surface area contributed by atoms with Gasteiger partial charge in [0.1, 0.15) is 11.1 Å². The molecule has 2 rings (SSSR count). The van der Waals surface area contributed by atoms with Crippen LogP contribution in [0.25, 0.3) is 0 Å². The number of esters is 1. The van der Waals surface area contributed by atoms with Crippen LogP contribution in [0, 0.1) is 5.92 Å². The summed E-state index contributed by atoms with van der Waals surface area (Å²) in [5, 5.41) is 2.69. The molecule has 1 aliphatic rings. The maximum Gasteiger partial charge on any atom is 0.408 e. The van der Waals surface area contributed by atoms with Crippen molar-refractivity contribution < 1.29 is 23.8 Å². The van der Waals surface area contributed by atoms with Crippen molar-refractivity contribution in [2.75, 3.05) is 13.2 Å². The van der Waals surface area contributed by atoms with E-state index in [0.29, 0.717) is 19.6 Å². The molecule has 1 saturated carbocycles. The number of amides is 1. The highest BCUT2D eigenvalue weighted by Crippen LogP contribution is 2.45. The smallest absolute Gasteiger partial charge is 0.408 e. The number of alkyl carbamates (subject to hydrolysis) is 1. The topological polar surface area (TPSA) is 73.9 Å². The fraction of sp³-hybridized carbons (Fsp3) is 0.579. The Labute approximate surface area is 148 Å². The van der Waals surface area contributed by atoms with Gasteiger partial charge in [0, 0.05) is 5.92 Å². The Kier molecular flexibility index (Phi) is 6.06. The molecule has 1 aromatic rings. The Morgan fingerprint density at radius 1 is 1.24 bits per heavy atom. The highest BCUT2D eigenvalue weighted by Gasteiger charge is 2.63. The van der Waals surface area contributed by atoms with Gasteiger partial charge in [-0.25, -0.2) is 9.59 Å². The molecule has 0 aliphatic heterocycles. The molecule has 0 heterocycles. The lowest BCUT2D eigenvalue weighted by atomic mass is 10.2. The first-order valence-electron chi connectivity index (χ1n) is 8.57. The predicted octanol–water partition coefficient (Wildman–Crippen LogP) is 3.05. The van der Waals surface area contributed by atoms with Crippen LogP contribution >= 0.6 is 0 Å². The molecule has 25 heavy (non-hydrogen) atoms. The minimum atomic E-state index is -1.05. The van der Waals surface area contributed by atoms with E-state index in [-0.39, 0.29) is 12.5 Å². The van der Waals surface area contributed by atoms with E-state index in [2.05, 4.69) is 5.32 Å². The Morgan fingerprint density at radius 2 is 1.92 bits per heavy atom. The van der Waals surface area contributed by atoms with E-state index in [9.17, 15) is 9.59 Å². The summed E-state index contributed by atoms with van der Waals surface area (Å²) in [4.78, 5) is 24.4. The third-order valence-corrected chi connectivity index (χ3v) is 3.90. The van der Waals surface area contributed by atoms with Crippen molar-refractivity contribution in [3.05, 3.63) is 35.9 Å². The fourth-order valence-electron chi connectivity index (χ4n) is 2.62. The summed E-state index contributed by atoms with van der Waals surface area (Å²) in [5.41, 5.74) is -0.617. The van der Waals surface area contributed by atoms with Crippen LogP contribution in [0.3, 0.4) is 0 Å². The van der Waals surface area contributed by atoms with Crippen molar-refractivity contribution >= 4 is 12.1 Å². The second kappa shape index (κ2) is 7.87. The lowest BCUT2D eigenvalue weighted by molar-refractivity contribution is -0.147. The van der Waals surface area contributed by atoms with Gasteiger partial charge < -0.3 is 19.5 Å². The second-order valence-electron chi connectivity index (χ2n) is 7.22. The number of nitrogens with one attached hydrogen (secondary N) is 1. The molecule has 0 bridgehead atoms. The van der Waals surface area contributed by atoms with Gasteiger partial charge in [-0.15, -0.1) is 0 Å². The predicted molar refractivity (Wildman–Crippen MR) is 92.9 cm³/mol. The zero-order chi connectivity index (χ0) is 18.5. The van der Waals surface area contributed by atoms with Gasteiger partial charge in [-0.3, -0.25) is 0 Å². The molecule has 6 nitrogen and oxygen atoms in total. The van der Waals surface area contributed by atoms with Gasteiger partial charge >= 0.3 is 12.1 Å². The third-order valence-electron chi connectivity index (χ3n) is 3.90. The normalized spacial score (nSPS) is 22.2. The maximum absolute atomic E-state index is 12.3. The molecule has 1 fully saturated rings. The molecular weight excluding hydrogens is 322 g/mol. The molecule has 1 aromatic carbocycles. The Hall–Kier alpha value is -2.08. The lowest BCUT2D eigenvalue weighted by Gasteiger charge is -2.23. The van der Waals surface area contributed by atoms with Crippen molar-refractivity contribution in [2.24, 2.45) is 5.92 Å². The Bertz CT molecular complexity index is 596. The summed E-state index contributed by atoms with van der Waals surface area (Å²) in [5.74, 6) is -0.558. The van der Waals surface area contributed by atoms with Gasteiger partial charge in [0.2, 0.25) is 0 Å². The number of hydrogen-bond donors (Lipinski definition) is 1. The molecular formula is C19H27NO5.